The van der Waals surface area contributed by atoms with Crippen LogP contribution in [0.5, 0.6) is 5.75 Å². The Labute approximate surface area is 116 Å². The van der Waals surface area contributed by atoms with Crippen molar-refractivity contribution in [3.05, 3.63) is 28.0 Å². The summed E-state index contributed by atoms with van der Waals surface area (Å²) < 4.78 is 19.0. The molecule has 1 atom stereocenters. The zero-order chi connectivity index (χ0) is 14.2. The highest BCUT2D eigenvalue weighted by atomic mass is 35.5. The molecule has 104 valence electrons. The first-order valence-corrected chi connectivity index (χ1v) is 6.57. The van der Waals surface area contributed by atoms with Crippen LogP contribution >= 0.6 is 11.6 Å². The van der Waals surface area contributed by atoms with Gasteiger partial charge in [-0.05, 0) is 31.7 Å². The van der Waals surface area contributed by atoms with Crippen molar-refractivity contribution in [3.8, 4) is 5.75 Å². The normalized spacial score (nSPS) is 16.2. The molecule has 0 aliphatic heterocycles. The lowest BCUT2D eigenvalue weighted by atomic mass is 9.89. The molecule has 0 radical (unpaired) electrons. The van der Waals surface area contributed by atoms with Crippen LogP contribution in [0.25, 0.3) is 0 Å². The summed E-state index contributed by atoms with van der Waals surface area (Å²) in [4.78, 5) is 11.0. The number of methoxy groups -OCH3 is 1. The van der Waals surface area contributed by atoms with Gasteiger partial charge in [0.15, 0.2) is 0 Å². The number of carboxylic acids is 1. The zero-order valence-electron chi connectivity index (χ0n) is 10.9. The second-order valence-electron chi connectivity index (χ2n) is 4.96. The van der Waals surface area contributed by atoms with Crippen molar-refractivity contribution in [2.45, 2.75) is 32.1 Å². The highest BCUT2D eigenvalue weighted by Crippen LogP contribution is 2.48. The van der Waals surface area contributed by atoms with Gasteiger partial charge in [-0.2, -0.15) is 0 Å². The molecule has 2 rings (SSSR count). The SMILES string of the molecule is COc1c(C(CC(=O)O)C2CC2)cc(Cl)c(F)c1C. The van der Waals surface area contributed by atoms with Gasteiger partial charge in [-0.15, -0.1) is 0 Å². The molecule has 19 heavy (non-hydrogen) atoms. The summed E-state index contributed by atoms with van der Waals surface area (Å²) in [5.41, 5.74) is 1.04. The van der Waals surface area contributed by atoms with Crippen LogP contribution < -0.4 is 4.74 Å². The van der Waals surface area contributed by atoms with Gasteiger partial charge >= 0.3 is 5.97 Å². The second kappa shape index (κ2) is 5.37. The largest absolute Gasteiger partial charge is 0.496 e. The number of aliphatic carboxylic acids is 1. The van der Waals surface area contributed by atoms with Gasteiger partial charge in [-0.25, -0.2) is 4.39 Å². The van der Waals surface area contributed by atoms with Crippen molar-refractivity contribution in [2.24, 2.45) is 5.92 Å². The first-order valence-electron chi connectivity index (χ1n) is 6.20. The number of hydrogen-bond donors (Lipinski definition) is 1. The Morgan fingerprint density at radius 2 is 2.26 bits per heavy atom. The lowest BCUT2D eigenvalue weighted by Gasteiger charge is -2.20. The van der Waals surface area contributed by atoms with Crippen molar-refractivity contribution in [3.63, 3.8) is 0 Å². The highest BCUT2D eigenvalue weighted by molar-refractivity contribution is 6.31. The Bertz CT molecular complexity index is 512. The number of halogens is 2. The molecule has 1 aromatic carbocycles. The molecule has 1 unspecified atom stereocenters. The van der Waals surface area contributed by atoms with Crippen LogP contribution in [0.4, 0.5) is 4.39 Å². The second-order valence-corrected chi connectivity index (χ2v) is 5.37. The van der Waals surface area contributed by atoms with Crippen LogP contribution in [0.1, 0.15) is 36.3 Å². The van der Waals surface area contributed by atoms with Crippen LogP contribution in [0.15, 0.2) is 6.07 Å². The van der Waals surface area contributed by atoms with Crippen LogP contribution in [0.2, 0.25) is 5.02 Å². The van der Waals surface area contributed by atoms with Crippen molar-refractivity contribution < 1.29 is 19.0 Å². The summed E-state index contributed by atoms with van der Waals surface area (Å²) in [6.07, 6.45) is 2.01. The number of hydrogen-bond acceptors (Lipinski definition) is 2. The highest BCUT2D eigenvalue weighted by Gasteiger charge is 2.36. The van der Waals surface area contributed by atoms with Gasteiger partial charge < -0.3 is 9.84 Å². The van der Waals surface area contributed by atoms with E-state index in [4.69, 9.17) is 21.4 Å². The van der Waals surface area contributed by atoms with Crippen LogP contribution in [0, 0.1) is 18.7 Å². The van der Waals surface area contributed by atoms with E-state index in [9.17, 15) is 9.18 Å². The molecule has 1 aromatic rings. The van der Waals surface area contributed by atoms with Crippen LogP contribution in [0.3, 0.4) is 0 Å². The van der Waals surface area contributed by atoms with Crippen LogP contribution in [-0.4, -0.2) is 18.2 Å². The Morgan fingerprint density at radius 3 is 2.74 bits per heavy atom. The maximum Gasteiger partial charge on any atom is 0.303 e. The summed E-state index contributed by atoms with van der Waals surface area (Å²) in [7, 11) is 1.46. The van der Waals surface area contributed by atoms with E-state index in [1.165, 1.54) is 13.2 Å². The van der Waals surface area contributed by atoms with Gasteiger partial charge in [0.2, 0.25) is 0 Å². The van der Waals surface area contributed by atoms with Gasteiger partial charge in [0, 0.05) is 17.0 Å². The molecule has 3 nitrogen and oxygen atoms in total. The smallest absolute Gasteiger partial charge is 0.303 e. The van der Waals surface area contributed by atoms with Gasteiger partial charge in [-0.1, -0.05) is 11.6 Å². The molecular weight excluding hydrogens is 271 g/mol. The van der Waals surface area contributed by atoms with E-state index >= 15 is 0 Å². The molecule has 0 saturated heterocycles. The van der Waals surface area contributed by atoms with Gasteiger partial charge in [-0.3, -0.25) is 4.79 Å². The summed E-state index contributed by atoms with van der Waals surface area (Å²) in [6.45, 7) is 1.59. The Kier molecular flexibility index (Phi) is 3.99. The molecule has 5 heteroatoms. The fourth-order valence-electron chi connectivity index (χ4n) is 2.52. The molecule has 1 saturated carbocycles. The topological polar surface area (TPSA) is 46.5 Å². The standard InChI is InChI=1S/C14H16ClFO3/c1-7-13(16)11(15)5-10(14(7)19-2)9(6-12(17)18)8-3-4-8/h5,8-9H,3-4,6H2,1-2H3,(H,17,18). The number of ether oxygens (including phenoxy) is 1. The van der Waals surface area contributed by atoms with E-state index in [-0.39, 0.29) is 17.4 Å². The average molecular weight is 287 g/mol. The number of carbonyl (C=O) groups is 1. The Hall–Kier alpha value is -1.29. The number of carboxylic acid groups (broad SMARTS) is 1. The lowest BCUT2D eigenvalue weighted by molar-refractivity contribution is -0.137. The summed E-state index contributed by atoms with van der Waals surface area (Å²) in [5.74, 6) is -0.792. The van der Waals surface area contributed by atoms with E-state index in [1.807, 2.05) is 0 Å². The predicted octanol–water partition coefficient (Wildman–Crippen LogP) is 3.76. The molecule has 0 aromatic heterocycles. The molecule has 0 amide bonds. The third kappa shape index (κ3) is 2.84. The number of benzene rings is 1. The van der Waals surface area contributed by atoms with Gasteiger partial charge in [0.1, 0.15) is 11.6 Å². The lowest BCUT2D eigenvalue weighted by Crippen LogP contribution is -2.11. The molecule has 0 bridgehead atoms. The van der Waals surface area contributed by atoms with Gasteiger partial charge in [0.05, 0.1) is 18.6 Å². The molecule has 1 fully saturated rings. The van der Waals surface area contributed by atoms with Crippen LogP contribution in [-0.2, 0) is 4.79 Å². The van der Waals surface area contributed by atoms with Crippen molar-refractivity contribution in [1.82, 2.24) is 0 Å². The van der Waals surface area contributed by atoms with Crippen molar-refractivity contribution in [2.75, 3.05) is 7.11 Å². The monoisotopic (exact) mass is 286 g/mol. The minimum atomic E-state index is -0.864. The first kappa shape index (κ1) is 14.1. The minimum absolute atomic E-state index is 0.0163. The first-order chi connectivity index (χ1) is 8.95. The Morgan fingerprint density at radius 1 is 1.63 bits per heavy atom. The maximum absolute atomic E-state index is 13.8. The quantitative estimate of drug-likeness (QED) is 0.896. The van der Waals surface area contributed by atoms with Crippen molar-refractivity contribution >= 4 is 17.6 Å². The third-order valence-electron chi connectivity index (χ3n) is 3.61. The molecule has 1 aliphatic carbocycles. The predicted molar refractivity (Wildman–Crippen MR) is 70.4 cm³/mol. The van der Waals surface area contributed by atoms with E-state index in [2.05, 4.69) is 0 Å². The van der Waals surface area contributed by atoms with Crippen molar-refractivity contribution in [1.29, 1.82) is 0 Å². The Balaban J connectivity index is 2.49. The molecule has 1 N–H and O–H groups in total. The fourth-order valence-corrected chi connectivity index (χ4v) is 2.78. The summed E-state index contributed by atoms with van der Waals surface area (Å²) >= 11 is 5.88. The number of rotatable bonds is 5. The third-order valence-corrected chi connectivity index (χ3v) is 3.89. The average Bonchev–Trinajstić information content (AvgIpc) is 3.17. The molecule has 0 heterocycles. The zero-order valence-corrected chi connectivity index (χ0v) is 11.6. The van der Waals surface area contributed by atoms with E-state index < -0.39 is 11.8 Å². The van der Waals surface area contributed by atoms with E-state index in [0.29, 0.717) is 22.8 Å². The van der Waals surface area contributed by atoms with E-state index in [0.717, 1.165) is 12.8 Å². The van der Waals surface area contributed by atoms with E-state index in [1.54, 1.807) is 6.92 Å². The molecule has 0 spiro atoms. The fraction of sp³-hybridized carbons (Fsp3) is 0.500. The molecule has 1 aliphatic rings. The summed E-state index contributed by atoms with van der Waals surface area (Å²) in [6, 6.07) is 1.51. The van der Waals surface area contributed by atoms with Gasteiger partial charge in [0.25, 0.3) is 0 Å². The minimum Gasteiger partial charge on any atom is -0.496 e. The maximum atomic E-state index is 13.8. The summed E-state index contributed by atoms with van der Waals surface area (Å²) in [5, 5.41) is 9.05. The molecular formula is C14H16ClFO3.